The molecule has 1 atom stereocenters. The summed E-state index contributed by atoms with van der Waals surface area (Å²) in [6.45, 7) is 3.06. The molecule has 3 rings (SSSR count). The van der Waals surface area contributed by atoms with Gasteiger partial charge in [-0.3, -0.25) is 9.59 Å². The lowest BCUT2D eigenvalue weighted by Crippen LogP contribution is -2.32. The fourth-order valence-electron chi connectivity index (χ4n) is 3.37. The molecular weight excluding hydrogens is 397 g/mol. The highest BCUT2D eigenvalue weighted by atomic mass is 19.4. The van der Waals surface area contributed by atoms with Gasteiger partial charge >= 0.3 is 6.18 Å². The SMILES string of the molecule is Cc1c(C(N)=O)nn(-c2ccccc2)c(=O)c1[C@H](C)c1cc(N)cc(C(F)(F)F)c1. The molecular formula is C21H19F3N4O2. The van der Waals surface area contributed by atoms with Crippen molar-refractivity contribution in [2.75, 3.05) is 5.73 Å². The van der Waals surface area contributed by atoms with Crippen LogP contribution in [-0.4, -0.2) is 15.7 Å². The molecule has 0 aliphatic rings. The van der Waals surface area contributed by atoms with Crippen LogP contribution in [0.5, 0.6) is 0 Å². The van der Waals surface area contributed by atoms with Gasteiger partial charge in [-0.15, -0.1) is 0 Å². The molecule has 0 fully saturated rings. The van der Waals surface area contributed by atoms with E-state index in [-0.39, 0.29) is 28.1 Å². The highest BCUT2D eigenvalue weighted by Gasteiger charge is 2.32. The maximum atomic E-state index is 13.2. The molecule has 1 aromatic heterocycles. The summed E-state index contributed by atoms with van der Waals surface area (Å²) in [4.78, 5) is 25.2. The van der Waals surface area contributed by atoms with Crippen LogP contribution in [0.4, 0.5) is 18.9 Å². The summed E-state index contributed by atoms with van der Waals surface area (Å²) >= 11 is 0. The van der Waals surface area contributed by atoms with E-state index in [1.165, 1.54) is 13.0 Å². The quantitative estimate of drug-likeness (QED) is 0.636. The summed E-state index contributed by atoms with van der Waals surface area (Å²) in [7, 11) is 0. The minimum atomic E-state index is -4.60. The van der Waals surface area contributed by atoms with Crippen LogP contribution in [0.2, 0.25) is 0 Å². The maximum Gasteiger partial charge on any atom is 0.416 e. The minimum Gasteiger partial charge on any atom is -0.399 e. The Morgan fingerprint density at radius 1 is 1.13 bits per heavy atom. The number of amides is 1. The van der Waals surface area contributed by atoms with E-state index in [4.69, 9.17) is 11.5 Å². The second-order valence-electron chi connectivity index (χ2n) is 6.91. The summed E-state index contributed by atoms with van der Waals surface area (Å²) in [5.74, 6) is -1.66. The van der Waals surface area contributed by atoms with Crippen molar-refractivity contribution in [2.24, 2.45) is 5.73 Å². The zero-order chi connectivity index (χ0) is 22.2. The van der Waals surface area contributed by atoms with E-state index in [1.807, 2.05) is 0 Å². The van der Waals surface area contributed by atoms with Crippen molar-refractivity contribution < 1.29 is 18.0 Å². The summed E-state index contributed by atoms with van der Waals surface area (Å²) in [5.41, 5.74) is 10.3. The van der Waals surface area contributed by atoms with Crippen LogP contribution in [0.3, 0.4) is 0 Å². The van der Waals surface area contributed by atoms with E-state index in [1.54, 1.807) is 37.3 Å². The molecule has 4 N–H and O–H groups in total. The van der Waals surface area contributed by atoms with Gasteiger partial charge in [-0.2, -0.15) is 23.0 Å². The van der Waals surface area contributed by atoms with Gasteiger partial charge in [0.1, 0.15) is 0 Å². The molecule has 0 unspecified atom stereocenters. The third kappa shape index (κ3) is 3.91. The molecule has 0 saturated carbocycles. The number of nitrogens with zero attached hydrogens (tertiary/aromatic N) is 2. The van der Waals surface area contributed by atoms with Crippen LogP contribution in [-0.2, 0) is 6.18 Å². The molecule has 156 valence electrons. The summed E-state index contributed by atoms with van der Waals surface area (Å²) in [6.07, 6.45) is -4.60. The molecule has 1 heterocycles. The molecule has 0 radical (unpaired) electrons. The predicted molar refractivity (Wildman–Crippen MR) is 106 cm³/mol. The molecule has 0 aliphatic heterocycles. The number of carbonyl (C=O) groups excluding carboxylic acids is 1. The smallest absolute Gasteiger partial charge is 0.399 e. The van der Waals surface area contributed by atoms with Crippen molar-refractivity contribution in [3.05, 3.63) is 86.8 Å². The van der Waals surface area contributed by atoms with Crippen molar-refractivity contribution in [3.63, 3.8) is 0 Å². The molecule has 0 bridgehead atoms. The van der Waals surface area contributed by atoms with Crippen LogP contribution < -0.4 is 17.0 Å². The molecule has 1 amide bonds. The summed E-state index contributed by atoms with van der Waals surface area (Å²) in [6, 6.07) is 11.5. The number of nitrogens with two attached hydrogens (primary N) is 2. The van der Waals surface area contributed by atoms with Crippen LogP contribution in [0.15, 0.2) is 53.3 Å². The Balaban J connectivity index is 2.28. The van der Waals surface area contributed by atoms with E-state index in [9.17, 15) is 22.8 Å². The fourth-order valence-corrected chi connectivity index (χ4v) is 3.37. The van der Waals surface area contributed by atoms with Gasteiger partial charge in [0.15, 0.2) is 5.69 Å². The number of hydrogen-bond acceptors (Lipinski definition) is 4. The van der Waals surface area contributed by atoms with Crippen molar-refractivity contribution in [1.82, 2.24) is 9.78 Å². The normalized spacial score (nSPS) is 12.6. The monoisotopic (exact) mass is 416 g/mol. The largest absolute Gasteiger partial charge is 0.416 e. The topological polar surface area (TPSA) is 104 Å². The van der Waals surface area contributed by atoms with Crippen LogP contribution in [0.25, 0.3) is 5.69 Å². The molecule has 2 aromatic carbocycles. The van der Waals surface area contributed by atoms with E-state index < -0.39 is 29.1 Å². The van der Waals surface area contributed by atoms with E-state index in [0.717, 1.165) is 16.8 Å². The van der Waals surface area contributed by atoms with Crippen molar-refractivity contribution >= 4 is 11.6 Å². The van der Waals surface area contributed by atoms with Gasteiger partial charge in [-0.25, -0.2) is 0 Å². The molecule has 0 saturated heterocycles. The number of alkyl halides is 3. The number of para-hydroxylation sites is 1. The van der Waals surface area contributed by atoms with Gasteiger partial charge < -0.3 is 11.5 Å². The van der Waals surface area contributed by atoms with Gasteiger partial charge in [0, 0.05) is 17.2 Å². The Bertz CT molecular complexity index is 1170. The third-order valence-electron chi connectivity index (χ3n) is 4.85. The van der Waals surface area contributed by atoms with Crippen molar-refractivity contribution in [3.8, 4) is 5.69 Å². The lowest BCUT2D eigenvalue weighted by Gasteiger charge is -2.19. The summed E-state index contributed by atoms with van der Waals surface area (Å²) in [5, 5.41) is 4.08. The first-order valence-electron chi connectivity index (χ1n) is 8.97. The number of benzene rings is 2. The van der Waals surface area contributed by atoms with Gasteiger partial charge in [-0.1, -0.05) is 25.1 Å². The van der Waals surface area contributed by atoms with E-state index >= 15 is 0 Å². The number of nitrogen functional groups attached to an aromatic ring is 1. The Labute approximate surface area is 169 Å². The highest BCUT2D eigenvalue weighted by Crippen LogP contribution is 2.35. The Hall–Kier alpha value is -3.62. The average Bonchev–Trinajstić information content (AvgIpc) is 2.67. The Morgan fingerprint density at radius 3 is 2.33 bits per heavy atom. The lowest BCUT2D eigenvalue weighted by molar-refractivity contribution is -0.137. The second-order valence-corrected chi connectivity index (χ2v) is 6.91. The van der Waals surface area contributed by atoms with Gasteiger partial charge in [0.2, 0.25) is 0 Å². The minimum absolute atomic E-state index is 0.0862. The number of aromatic nitrogens is 2. The predicted octanol–water partition coefficient (Wildman–Crippen LogP) is 3.39. The maximum absolute atomic E-state index is 13.2. The average molecular weight is 416 g/mol. The van der Waals surface area contributed by atoms with E-state index in [0.29, 0.717) is 5.69 Å². The van der Waals surface area contributed by atoms with Crippen molar-refractivity contribution in [2.45, 2.75) is 25.9 Å². The molecule has 3 aromatic rings. The standard InChI is InChI=1S/C21H19F3N4O2/c1-11(13-8-14(21(22,23)24)10-15(25)9-13)17-12(2)18(19(26)29)27-28(20(17)30)16-6-4-3-5-7-16/h3-11H,25H2,1-2H3,(H2,26,29)/t11-/m1/s1. The van der Waals surface area contributed by atoms with E-state index in [2.05, 4.69) is 5.10 Å². The highest BCUT2D eigenvalue weighted by molar-refractivity contribution is 5.92. The zero-order valence-corrected chi connectivity index (χ0v) is 16.2. The molecule has 0 spiro atoms. The van der Waals surface area contributed by atoms with Crippen LogP contribution in [0, 0.1) is 6.92 Å². The van der Waals surface area contributed by atoms with Crippen LogP contribution in [0.1, 0.15) is 45.6 Å². The van der Waals surface area contributed by atoms with Gasteiger partial charge in [-0.05, 0) is 48.4 Å². The second kappa shape index (κ2) is 7.66. The first-order valence-corrected chi connectivity index (χ1v) is 8.97. The zero-order valence-electron chi connectivity index (χ0n) is 16.2. The fraction of sp³-hybridized carbons (Fsp3) is 0.190. The number of primary amides is 1. The third-order valence-corrected chi connectivity index (χ3v) is 4.85. The van der Waals surface area contributed by atoms with Gasteiger partial charge in [0.25, 0.3) is 11.5 Å². The first kappa shape index (κ1) is 21.1. The number of halogens is 3. The van der Waals surface area contributed by atoms with Crippen LogP contribution >= 0.6 is 0 Å². The summed E-state index contributed by atoms with van der Waals surface area (Å²) < 4.78 is 40.7. The molecule has 6 nitrogen and oxygen atoms in total. The lowest BCUT2D eigenvalue weighted by atomic mass is 9.89. The Morgan fingerprint density at radius 2 is 1.77 bits per heavy atom. The first-order chi connectivity index (χ1) is 14.0. The number of anilines is 1. The van der Waals surface area contributed by atoms with Gasteiger partial charge in [0.05, 0.1) is 11.3 Å². The number of hydrogen-bond donors (Lipinski definition) is 2. The number of carbonyl (C=O) groups is 1. The molecule has 9 heteroatoms. The Kier molecular flexibility index (Phi) is 5.39. The van der Waals surface area contributed by atoms with Crippen molar-refractivity contribution in [1.29, 1.82) is 0 Å². The molecule has 30 heavy (non-hydrogen) atoms. The number of rotatable bonds is 4. The molecule has 0 aliphatic carbocycles.